The number of hydrogen-bond donors (Lipinski definition) is 0. The predicted octanol–water partition coefficient (Wildman–Crippen LogP) is 5.05. The number of thioether (sulfide) groups is 1. The van der Waals surface area contributed by atoms with Crippen molar-refractivity contribution in [3.05, 3.63) is 54.4 Å². The van der Waals surface area contributed by atoms with Crippen molar-refractivity contribution in [2.24, 2.45) is 0 Å². The molecule has 31 heavy (non-hydrogen) atoms. The van der Waals surface area contributed by atoms with Crippen LogP contribution in [0.15, 0.2) is 53.9 Å². The molecule has 8 heteroatoms. The highest BCUT2D eigenvalue weighted by Crippen LogP contribution is 2.43. The Balaban J connectivity index is 1.73. The summed E-state index contributed by atoms with van der Waals surface area (Å²) in [4.78, 5) is 23.1. The van der Waals surface area contributed by atoms with Crippen molar-refractivity contribution in [2.75, 3.05) is 10.7 Å². The summed E-state index contributed by atoms with van der Waals surface area (Å²) in [6.45, 7) is 3.73. The van der Waals surface area contributed by atoms with E-state index < -0.39 is 6.23 Å². The molecule has 7 nitrogen and oxygen atoms in total. The number of para-hydroxylation sites is 1. The van der Waals surface area contributed by atoms with E-state index in [1.54, 1.807) is 29.1 Å². The van der Waals surface area contributed by atoms with Crippen LogP contribution >= 0.6 is 11.8 Å². The second-order valence-electron chi connectivity index (χ2n) is 7.31. The maximum atomic E-state index is 12.7. The molecule has 0 saturated carbocycles. The van der Waals surface area contributed by atoms with Gasteiger partial charge in [-0.1, -0.05) is 56.1 Å². The summed E-state index contributed by atoms with van der Waals surface area (Å²) in [6, 6.07) is 11.3. The number of fused-ring (bicyclic) bond motifs is 3. The van der Waals surface area contributed by atoms with Crippen molar-refractivity contribution >= 4 is 23.4 Å². The molecule has 1 aliphatic rings. The van der Waals surface area contributed by atoms with E-state index >= 15 is 0 Å². The SMILES string of the molecule is CCCCCCSc1nnc2c(n1)O[C@H](c1ccncc1)N(C(C)=O)c1ccccc1-2. The van der Waals surface area contributed by atoms with Crippen LogP contribution in [0.4, 0.5) is 5.69 Å². The van der Waals surface area contributed by atoms with E-state index in [-0.39, 0.29) is 5.91 Å². The van der Waals surface area contributed by atoms with Crippen LogP contribution in [0.1, 0.15) is 51.3 Å². The number of unbranched alkanes of at least 4 members (excludes halogenated alkanes) is 3. The van der Waals surface area contributed by atoms with Gasteiger partial charge in [0.2, 0.25) is 23.2 Å². The second kappa shape index (κ2) is 9.87. The average molecular weight is 436 g/mol. The highest BCUT2D eigenvalue weighted by molar-refractivity contribution is 7.99. The van der Waals surface area contributed by atoms with Crippen molar-refractivity contribution in [2.45, 2.75) is 50.9 Å². The molecule has 4 rings (SSSR count). The van der Waals surface area contributed by atoms with Gasteiger partial charge in [-0.2, -0.15) is 4.98 Å². The summed E-state index contributed by atoms with van der Waals surface area (Å²) in [5.74, 6) is 1.18. The number of aromatic nitrogens is 4. The molecule has 0 fully saturated rings. The Morgan fingerprint density at radius 3 is 2.68 bits per heavy atom. The highest BCUT2D eigenvalue weighted by atomic mass is 32.2. The van der Waals surface area contributed by atoms with Gasteiger partial charge in [0, 0.05) is 36.2 Å². The fourth-order valence-corrected chi connectivity index (χ4v) is 4.33. The van der Waals surface area contributed by atoms with E-state index in [2.05, 4.69) is 27.1 Å². The van der Waals surface area contributed by atoms with E-state index in [1.807, 2.05) is 36.4 Å². The second-order valence-corrected chi connectivity index (χ2v) is 8.38. The third kappa shape index (κ3) is 4.69. The van der Waals surface area contributed by atoms with Gasteiger partial charge in [0.1, 0.15) is 0 Å². The Labute approximate surface area is 186 Å². The van der Waals surface area contributed by atoms with Gasteiger partial charge in [0.15, 0.2) is 5.69 Å². The molecule has 0 saturated heterocycles. The van der Waals surface area contributed by atoms with Crippen molar-refractivity contribution < 1.29 is 9.53 Å². The molecule has 0 N–H and O–H groups in total. The number of anilines is 1. The van der Waals surface area contributed by atoms with Crippen molar-refractivity contribution in [1.29, 1.82) is 0 Å². The lowest BCUT2D eigenvalue weighted by atomic mass is 10.1. The van der Waals surface area contributed by atoms with Crippen LogP contribution in [0, 0.1) is 0 Å². The van der Waals surface area contributed by atoms with Crippen LogP contribution < -0.4 is 9.64 Å². The van der Waals surface area contributed by atoms with Gasteiger partial charge in [0.25, 0.3) is 0 Å². The maximum absolute atomic E-state index is 12.7. The lowest BCUT2D eigenvalue weighted by molar-refractivity contribution is -0.118. The molecule has 0 bridgehead atoms. The number of benzene rings is 1. The molecule has 0 unspecified atom stereocenters. The minimum atomic E-state index is -0.679. The fraction of sp³-hybridized carbons (Fsp3) is 0.348. The minimum Gasteiger partial charge on any atom is -0.447 e. The molecule has 1 amide bonds. The normalized spacial score (nSPS) is 14.9. The number of ether oxygens (including phenoxy) is 1. The Morgan fingerprint density at radius 2 is 1.90 bits per heavy atom. The van der Waals surface area contributed by atoms with Gasteiger partial charge in [-0.15, -0.1) is 10.2 Å². The molecule has 1 aromatic carbocycles. The zero-order chi connectivity index (χ0) is 21.6. The van der Waals surface area contributed by atoms with Gasteiger partial charge in [-0.3, -0.25) is 14.7 Å². The number of pyridine rings is 1. The van der Waals surface area contributed by atoms with Gasteiger partial charge in [0.05, 0.1) is 5.69 Å². The van der Waals surface area contributed by atoms with E-state index in [1.165, 1.54) is 26.2 Å². The first kappa shape index (κ1) is 21.2. The lowest BCUT2D eigenvalue weighted by Crippen LogP contribution is -2.36. The summed E-state index contributed by atoms with van der Waals surface area (Å²) < 4.78 is 6.34. The number of hydrogen-bond acceptors (Lipinski definition) is 7. The number of amides is 1. The molecule has 160 valence electrons. The van der Waals surface area contributed by atoms with Crippen LogP contribution in [-0.2, 0) is 4.79 Å². The first-order valence-electron chi connectivity index (χ1n) is 10.5. The fourth-order valence-electron chi connectivity index (χ4n) is 3.55. The third-order valence-electron chi connectivity index (χ3n) is 5.07. The Bertz CT molecular complexity index is 1050. The Kier molecular flexibility index (Phi) is 6.76. The Morgan fingerprint density at radius 1 is 1.10 bits per heavy atom. The summed E-state index contributed by atoms with van der Waals surface area (Å²) in [5.41, 5.74) is 2.82. The zero-order valence-corrected chi connectivity index (χ0v) is 18.5. The first-order valence-corrected chi connectivity index (χ1v) is 11.5. The number of carbonyl (C=O) groups excluding carboxylic acids is 1. The van der Waals surface area contributed by atoms with Gasteiger partial charge in [-0.25, -0.2) is 0 Å². The molecular formula is C23H25N5O2S. The van der Waals surface area contributed by atoms with E-state index in [9.17, 15) is 4.79 Å². The predicted molar refractivity (Wildman–Crippen MR) is 121 cm³/mol. The number of rotatable bonds is 7. The summed E-state index contributed by atoms with van der Waals surface area (Å²) >= 11 is 1.58. The summed E-state index contributed by atoms with van der Waals surface area (Å²) in [5, 5.41) is 9.36. The molecule has 3 aromatic rings. The topological polar surface area (TPSA) is 81.1 Å². The zero-order valence-electron chi connectivity index (χ0n) is 17.7. The van der Waals surface area contributed by atoms with Gasteiger partial charge < -0.3 is 4.74 Å². The van der Waals surface area contributed by atoms with Crippen LogP contribution in [0.5, 0.6) is 5.88 Å². The molecule has 0 aliphatic carbocycles. The van der Waals surface area contributed by atoms with Gasteiger partial charge >= 0.3 is 0 Å². The molecule has 1 atom stereocenters. The lowest BCUT2D eigenvalue weighted by Gasteiger charge is -2.29. The van der Waals surface area contributed by atoms with E-state index in [0.717, 1.165) is 23.3 Å². The van der Waals surface area contributed by atoms with Crippen LogP contribution in [-0.4, -0.2) is 31.8 Å². The standard InChI is InChI=1S/C23H25N5O2S/c1-3-4-5-8-15-31-23-25-21-20(26-27-23)18-9-6-7-10-19(18)28(16(2)29)22(30-21)17-11-13-24-14-12-17/h6-7,9-14,22H,3-5,8,15H2,1-2H3/t22-/m1/s1. The molecule has 1 aliphatic heterocycles. The highest BCUT2D eigenvalue weighted by Gasteiger charge is 2.34. The molecule has 3 heterocycles. The largest absolute Gasteiger partial charge is 0.447 e. The monoisotopic (exact) mass is 435 g/mol. The maximum Gasteiger partial charge on any atom is 0.247 e. The number of nitrogens with zero attached hydrogens (tertiary/aromatic N) is 5. The number of carbonyl (C=O) groups is 1. The third-order valence-corrected chi connectivity index (χ3v) is 6.00. The van der Waals surface area contributed by atoms with Gasteiger partial charge in [-0.05, 0) is 24.6 Å². The summed E-state index contributed by atoms with van der Waals surface area (Å²) in [7, 11) is 0. The molecule has 2 aromatic heterocycles. The van der Waals surface area contributed by atoms with Crippen molar-refractivity contribution in [3.8, 4) is 17.1 Å². The average Bonchev–Trinajstić information content (AvgIpc) is 2.94. The smallest absolute Gasteiger partial charge is 0.247 e. The minimum absolute atomic E-state index is 0.138. The van der Waals surface area contributed by atoms with Crippen molar-refractivity contribution in [3.63, 3.8) is 0 Å². The molecule has 0 radical (unpaired) electrons. The summed E-state index contributed by atoms with van der Waals surface area (Å²) in [6.07, 6.45) is 7.44. The quantitative estimate of drug-likeness (QED) is 0.379. The Hall–Kier alpha value is -3.00. The van der Waals surface area contributed by atoms with Crippen LogP contribution in [0.2, 0.25) is 0 Å². The first-order chi connectivity index (χ1) is 15.2. The van der Waals surface area contributed by atoms with Crippen LogP contribution in [0.3, 0.4) is 0 Å². The molecular weight excluding hydrogens is 410 g/mol. The van der Waals surface area contributed by atoms with E-state index in [0.29, 0.717) is 22.4 Å². The van der Waals surface area contributed by atoms with Crippen LogP contribution in [0.25, 0.3) is 11.3 Å². The van der Waals surface area contributed by atoms with E-state index in [4.69, 9.17) is 4.74 Å². The van der Waals surface area contributed by atoms with Crippen molar-refractivity contribution in [1.82, 2.24) is 20.2 Å². The molecule has 0 spiro atoms.